The van der Waals surface area contributed by atoms with Crippen molar-refractivity contribution in [3.05, 3.63) is 63.7 Å². The van der Waals surface area contributed by atoms with Crippen LogP contribution in [0, 0.1) is 21.4 Å². The van der Waals surface area contributed by atoms with Gasteiger partial charge in [-0.2, -0.15) is 5.26 Å². The average Bonchev–Trinajstić information content (AvgIpc) is 2.52. The van der Waals surface area contributed by atoms with Crippen LogP contribution in [0.25, 0.3) is 0 Å². The number of rotatable bonds is 5. The van der Waals surface area contributed by atoms with Gasteiger partial charge in [-0.1, -0.05) is 12.1 Å². The molecular weight excluding hydrogens is 272 g/mol. The minimum atomic E-state index is -0.480. The molecule has 0 heterocycles. The van der Waals surface area contributed by atoms with Crippen LogP contribution in [-0.2, 0) is 6.61 Å². The van der Waals surface area contributed by atoms with Crippen LogP contribution in [0.15, 0.2) is 42.5 Å². The minimum Gasteiger partial charge on any atom is -0.496 e. The van der Waals surface area contributed by atoms with E-state index in [-0.39, 0.29) is 12.3 Å². The number of nitrogens with zero attached hydrogens (tertiary/aromatic N) is 2. The van der Waals surface area contributed by atoms with Gasteiger partial charge in [0.2, 0.25) is 0 Å². The predicted molar refractivity (Wildman–Crippen MR) is 75.1 cm³/mol. The summed E-state index contributed by atoms with van der Waals surface area (Å²) in [5.41, 5.74) is 0.907. The highest BCUT2D eigenvalue weighted by molar-refractivity contribution is 5.45. The minimum absolute atomic E-state index is 0.0389. The Balaban J connectivity index is 2.25. The summed E-state index contributed by atoms with van der Waals surface area (Å²) in [5, 5.41) is 19.8. The second-order valence-corrected chi connectivity index (χ2v) is 4.15. The summed E-state index contributed by atoms with van der Waals surface area (Å²) in [5.74, 6) is 0.920. The number of nitriles is 1. The van der Waals surface area contributed by atoms with Crippen LogP contribution < -0.4 is 9.47 Å². The van der Waals surface area contributed by atoms with E-state index >= 15 is 0 Å². The van der Waals surface area contributed by atoms with Gasteiger partial charge in [0.15, 0.2) is 0 Å². The van der Waals surface area contributed by atoms with Gasteiger partial charge in [0.25, 0.3) is 5.69 Å². The zero-order chi connectivity index (χ0) is 15.2. The summed E-state index contributed by atoms with van der Waals surface area (Å²) < 4.78 is 10.7. The van der Waals surface area contributed by atoms with E-state index in [9.17, 15) is 10.1 Å². The van der Waals surface area contributed by atoms with Crippen LogP contribution in [0.3, 0.4) is 0 Å². The van der Waals surface area contributed by atoms with Gasteiger partial charge in [0.05, 0.1) is 17.6 Å². The van der Waals surface area contributed by atoms with Crippen molar-refractivity contribution in [2.75, 3.05) is 7.11 Å². The molecule has 0 saturated heterocycles. The SMILES string of the molecule is COc1ccc([N+](=O)[O-])cc1COc1ccccc1C#N. The largest absolute Gasteiger partial charge is 0.496 e. The van der Waals surface area contributed by atoms with Crippen LogP contribution in [0.2, 0.25) is 0 Å². The fourth-order valence-corrected chi connectivity index (χ4v) is 1.83. The first kappa shape index (κ1) is 14.3. The van der Waals surface area contributed by atoms with Crippen LogP contribution in [-0.4, -0.2) is 12.0 Å². The average molecular weight is 284 g/mol. The Kier molecular flexibility index (Phi) is 4.36. The van der Waals surface area contributed by atoms with Gasteiger partial charge in [-0.3, -0.25) is 10.1 Å². The molecule has 2 aromatic rings. The molecular formula is C15H12N2O4. The zero-order valence-corrected chi connectivity index (χ0v) is 11.3. The molecule has 106 valence electrons. The quantitative estimate of drug-likeness (QED) is 0.622. The van der Waals surface area contributed by atoms with Gasteiger partial charge in [0, 0.05) is 17.7 Å². The molecule has 0 fully saturated rings. The van der Waals surface area contributed by atoms with E-state index in [1.54, 1.807) is 24.3 Å². The number of nitro benzene ring substituents is 1. The predicted octanol–water partition coefficient (Wildman–Crippen LogP) is 3.05. The number of non-ortho nitro benzene ring substituents is 1. The normalized spacial score (nSPS) is 9.71. The first-order valence-corrected chi connectivity index (χ1v) is 6.09. The highest BCUT2D eigenvalue weighted by Gasteiger charge is 2.12. The number of hydrogen-bond acceptors (Lipinski definition) is 5. The summed E-state index contributed by atoms with van der Waals surface area (Å²) >= 11 is 0. The third-order valence-electron chi connectivity index (χ3n) is 2.87. The van der Waals surface area contributed by atoms with Crippen molar-refractivity contribution < 1.29 is 14.4 Å². The number of hydrogen-bond donors (Lipinski definition) is 0. The van der Waals surface area contributed by atoms with Gasteiger partial charge < -0.3 is 9.47 Å². The molecule has 0 unspecified atom stereocenters. The number of benzene rings is 2. The highest BCUT2D eigenvalue weighted by Crippen LogP contribution is 2.26. The molecule has 0 aliphatic carbocycles. The number of para-hydroxylation sites is 1. The van der Waals surface area contributed by atoms with Gasteiger partial charge in [0.1, 0.15) is 24.2 Å². The summed E-state index contributed by atoms with van der Waals surface area (Å²) in [4.78, 5) is 10.3. The lowest BCUT2D eigenvalue weighted by Crippen LogP contribution is -2.01. The molecule has 0 radical (unpaired) electrons. The van der Waals surface area contributed by atoms with Crippen molar-refractivity contribution in [2.24, 2.45) is 0 Å². The van der Waals surface area contributed by atoms with Crippen LogP contribution in [0.1, 0.15) is 11.1 Å². The molecule has 2 aromatic carbocycles. The molecule has 2 rings (SSSR count). The molecule has 0 bridgehead atoms. The van der Waals surface area contributed by atoms with Gasteiger partial charge in [-0.15, -0.1) is 0 Å². The van der Waals surface area contributed by atoms with Gasteiger partial charge >= 0.3 is 0 Å². The van der Waals surface area contributed by atoms with Gasteiger partial charge in [-0.25, -0.2) is 0 Å². The molecule has 0 N–H and O–H groups in total. The number of nitro groups is 1. The first-order valence-electron chi connectivity index (χ1n) is 6.09. The Morgan fingerprint density at radius 3 is 2.67 bits per heavy atom. The van der Waals surface area contributed by atoms with E-state index in [1.165, 1.54) is 25.3 Å². The Bertz CT molecular complexity index is 707. The Hall–Kier alpha value is -3.07. The molecule has 0 aliphatic rings. The third-order valence-corrected chi connectivity index (χ3v) is 2.87. The van der Waals surface area contributed by atoms with E-state index in [0.29, 0.717) is 22.6 Å². The Morgan fingerprint density at radius 1 is 1.24 bits per heavy atom. The van der Waals surface area contributed by atoms with Crippen molar-refractivity contribution >= 4 is 5.69 Å². The second kappa shape index (κ2) is 6.39. The van der Waals surface area contributed by atoms with Crippen molar-refractivity contribution in [1.82, 2.24) is 0 Å². The van der Waals surface area contributed by atoms with Crippen LogP contribution in [0.5, 0.6) is 11.5 Å². The van der Waals surface area contributed by atoms with Crippen LogP contribution >= 0.6 is 0 Å². The highest BCUT2D eigenvalue weighted by atomic mass is 16.6. The van der Waals surface area contributed by atoms with E-state index in [1.807, 2.05) is 6.07 Å². The zero-order valence-electron chi connectivity index (χ0n) is 11.3. The maximum atomic E-state index is 10.8. The van der Waals surface area contributed by atoms with Crippen molar-refractivity contribution in [3.8, 4) is 17.6 Å². The van der Waals surface area contributed by atoms with E-state index < -0.39 is 4.92 Å². The van der Waals surface area contributed by atoms with E-state index in [4.69, 9.17) is 14.7 Å². The lowest BCUT2D eigenvalue weighted by Gasteiger charge is -2.11. The smallest absolute Gasteiger partial charge is 0.270 e. The topological polar surface area (TPSA) is 85.4 Å². The van der Waals surface area contributed by atoms with E-state index in [2.05, 4.69) is 0 Å². The second-order valence-electron chi connectivity index (χ2n) is 4.15. The Labute approximate surface area is 121 Å². The number of ether oxygens (including phenoxy) is 2. The van der Waals surface area contributed by atoms with E-state index in [0.717, 1.165) is 0 Å². The molecule has 0 amide bonds. The molecule has 0 atom stereocenters. The standard InChI is InChI=1S/C15H12N2O4/c1-20-14-7-6-13(17(18)19)8-12(14)10-21-15-5-3-2-4-11(15)9-16/h2-8H,10H2,1H3. The third kappa shape index (κ3) is 3.28. The van der Waals surface area contributed by atoms with Gasteiger partial charge in [-0.05, 0) is 18.2 Å². The summed E-state index contributed by atoms with van der Waals surface area (Å²) in [6, 6.07) is 13.1. The molecule has 0 aliphatic heterocycles. The maximum absolute atomic E-state index is 10.8. The molecule has 0 aromatic heterocycles. The molecule has 6 heteroatoms. The summed E-state index contributed by atoms with van der Waals surface area (Å²) in [6.07, 6.45) is 0. The monoisotopic (exact) mass is 284 g/mol. The van der Waals surface area contributed by atoms with Crippen molar-refractivity contribution in [1.29, 1.82) is 5.26 Å². The summed E-state index contributed by atoms with van der Waals surface area (Å²) in [7, 11) is 1.48. The molecule has 0 saturated carbocycles. The lowest BCUT2D eigenvalue weighted by atomic mass is 10.2. The van der Waals surface area contributed by atoms with Crippen LogP contribution in [0.4, 0.5) is 5.69 Å². The first-order chi connectivity index (χ1) is 10.2. The maximum Gasteiger partial charge on any atom is 0.270 e. The molecule has 21 heavy (non-hydrogen) atoms. The fourth-order valence-electron chi connectivity index (χ4n) is 1.83. The Morgan fingerprint density at radius 2 is 2.00 bits per heavy atom. The lowest BCUT2D eigenvalue weighted by molar-refractivity contribution is -0.385. The molecule has 0 spiro atoms. The number of methoxy groups -OCH3 is 1. The fraction of sp³-hybridized carbons (Fsp3) is 0.133. The van der Waals surface area contributed by atoms with Crippen molar-refractivity contribution in [2.45, 2.75) is 6.61 Å². The van der Waals surface area contributed by atoms with Crippen molar-refractivity contribution in [3.63, 3.8) is 0 Å². The molecule has 6 nitrogen and oxygen atoms in total. The summed E-state index contributed by atoms with van der Waals surface area (Å²) in [6.45, 7) is 0.0730.